The summed E-state index contributed by atoms with van der Waals surface area (Å²) in [5, 5.41) is 15.2. The lowest BCUT2D eigenvalue weighted by molar-refractivity contribution is -0.386. The molecule has 0 N–H and O–H groups in total. The topological polar surface area (TPSA) is 84.5 Å². The maximum absolute atomic E-state index is 12.4. The molecule has 3 heterocycles. The molecule has 2 fully saturated rings. The van der Waals surface area contributed by atoms with Crippen LogP contribution in [0.2, 0.25) is 0 Å². The lowest BCUT2D eigenvalue weighted by Crippen LogP contribution is -2.52. The van der Waals surface area contributed by atoms with Gasteiger partial charge >= 0.3 is 5.69 Å². The maximum Gasteiger partial charge on any atom is 0.312 e. The van der Waals surface area contributed by atoms with E-state index in [4.69, 9.17) is 0 Å². The van der Waals surface area contributed by atoms with Crippen LogP contribution in [0.4, 0.5) is 5.69 Å². The third kappa shape index (κ3) is 3.08. The van der Waals surface area contributed by atoms with Gasteiger partial charge in [-0.15, -0.1) is 0 Å². The molecule has 0 radical (unpaired) electrons. The lowest BCUT2D eigenvalue weighted by atomic mass is 10.1. The molecule has 2 aliphatic heterocycles. The van der Waals surface area contributed by atoms with Crippen LogP contribution in [0.15, 0.2) is 0 Å². The zero-order valence-electron chi connectivity index (χ0n) is 13.7. The number of carbonyl (C=O) groups excluding carboxylic acids is 1. The first-order chi connectivity index (χ1) is 11.0. The van der Waals surface area contributed by atoms with Gasteiger partial charge in [-0.3, -0.25) is 24.5 Å². The average Bonchev–Trinajstić information content (AvgIpc) is 3.08. The number of aromatic nitrogens is 2. The molecule has 8 heteroatoms. The summed E-state index contributed by atoms with van der Waals surface area (Å²) < 4.78 is 1.58. The molecule has 2 saturated heterocycles. The van der Waals surface area contributed by atoms with Crippen molar-refractivity contribution in [1.82, 2.24) is 19.6 Å². The van der Waals surface area contributed by atoms with E-state index in [-0.39, 0.29) is 11.6 Å². The van der Waals surface area contributed by atoms with Crippen molar-refractivity contribution in [2.24, 2.45) is 0 Å². The van der Waals surface area contributed by atoms with Gasteiger partial charge < -0.3 is 4.90 Å². The molecule has 23 heavy (non-hydrogen) atoms. The number of amides is 1. The van der Waals surface area contributed by atoms with E-state index in [0.29, 0.717) is 30.4 Å². The molecule has 126 valence electrons. The van der Waals surface area contributed by atoms with E-state index < -0.39 is 4.92 Å². The number of hydrogen-bond donors (Lipinski definition) is 0. The smallest absolute Gasteiger partial charge is 0.312 e. The van der Waals surface area contributed by atoms with Crippen LogP contribution in [0.1, 0.15) is 30.7 Å². The summed E-state index contributed by atoms with van der Waals surface area (Å²) in [7, 11) is 0. The number of fused-ring (bicyclic) bond motifs is 1. The molecule has 0 aliphatic carbocycles. The standard InChI is InChI=1S/C15H23N5O3/c1-11-15(20(22)23)12(2)19(16-11)7-5-14(21)18-9-8-17-6-3-4-13(17)10-18/h13H,3-10H2,1-2H3. The molecular formula is C15H23N5O3. The Hall–Kier alpha value is -1.96. The minimum absolute atomic E-state index is 0.0528. The second-order valence-electron chi connectivity index (χ2n) is 6.42. The average molecular weight is 321 g/mol. The summed E-state index contributed by atoms with van der Waals surface area (Å²) in [6.45, 7) is 7.42. The van der Waals surface area contributed by atoms with E-state index in [2.05, 4.69) is 10.00 Å². The highest BCUT2D eigenvalue weighted by atomic mass is 16.6. The van der Waals surface area contributed by atoms with Crippen LogP contribution < -0.4 is 0 Å². The lowest BCUT2D eigenvalue weighted by Gasteiger charge is -2.37. The van der Waals surface area contributed by atoms with E-state index in [1.807, 2.05) is 4.90 Å². The zero-order valence-corrected chi connectivity index (χ0v) is 13.7. The van der Waals surface area contributed by atoms with Crippen molar-refractivity contribution < 1.29 is 9.72 Å². The molecular weight excluding hydrogens is 298 g/mol. The zero-order chi connectivity index (χ0) is 16.6. The minimum Gasteiger partial charge on any atom is -0.340 e. The van der Waals surface area contributed by atoms with Crippen LogP contribution in [0.5, 0.6) is 0 Å². The molecule has 1 aromatic heterocycles. The third-order valence-electron chi connectivity index (χ3n) is 5.00. The third-order valence-corrected chi connectivity index (χ3v) is 5.00. The summed E-state index contributed by atoms with van der Waals surface area (Å²) >= 11 is 0. The second kappa shape index (κ2) is 6.27. The molecule has 0 saturated carbocycles. The Morgan fingerprint density at radius 3 is 2.83 bits per heavy atom. The Bertz CT molecular complexity index is 627. The van der Waals surface area contributed by atoms with Crippen molar-refractivity contribution in [1.29, 1.82) is 0 Å². The van der Waals surface area contributed by atoms with Crippen LogP contribution in [0.3, 0.4) is 0 Å². The van der Waals surface area contributed by atoms with Crippen LogP contribution >= 0.6 is 0 Å². The van der Waals surface area contributed by atoms with Crippen molar-refractivity contribution in [2.45, 2.75) is 45.7 Å². The Labute approximate surface area is 135 Å². The predicted molar refractivity (Wildman–Crippen MR) is 84.1 cm³/mol. The maximum atomic E-state index is 12.4. The summed E-state index contributed by atoms with van der Waals surface area (Å²) in [5.41, 5.74) is 0.970. The van der Waals surface area contributed by atoms with Gasteiger partial charge in [0.2, 0.25) is 5.91 Å². The van der Waals surface area contributed by atoms with E-state index in [1.165, 1.54) is 12.8 Å². The Balaban J connectivity index is 1.59. The van der Waals surface area contributed by atoms with E-state index in [9.17, 15) is 14.9 Å². The molecule has 2 aliphatic rings. The summed E-state index contributed by atoms with van der Waals surface area (Å²) in [6.07, 6.45) is 2.74. The van der Waals surface area contributed by atoms with Crippen LogP contribution in [-0.4, -0.2) is 62.6 Å². The number of piperazine rings is 1. The molecule has 0 spiro atoms. The molecule has 3 rings (SSSR count). The largest absolute Gasteiger partial charge is 0.340 e. The van der Waals surface area contributed by atoms with Gasteiger partial charge in [-0.2, -0.15) is 5.10 Å². The first-order valence-electron chi connectivity index (χ1n) is 8.17. The normalized spacial score (nSPS) is 21.5. The number of carbonyl (C=O) groups is 1. The fraction of sp³-hybridized carbons (Fsp3) is 0.733. The summed E-state index contributed by atoms with van der Waals surface area (Å²) in [6, 6.07) is 0.516. The summed E-state index contributed by atoms with van der Waals surface area (Å²) in [4.78, 5) is 27.4. The molecule has 8 nitrogen and oxygen atoms in total. The first-order valence-corrected chi connectivity index (χ1v) is 8.17. The van der Waals surface area contributed by atoms with Crippen molar-refractivity contribution in [3.05, 3.63) is 21.5 Å². The monoisotopic (exact) mass is 321 g/mol. The van der Waals surface area contributed by atoms with Crippen molar-refractivity contribution in [3.8, 4) is 0 Å². The SMILES string of the molecule is Cc1nn(CCC(=O)N2CCN3CCCC3C2)c(C)c1[N+](=O)[O-]. The predicted octanol–water partition coefficient (Wildman–Crippen LogP) is 1.10. The van der Waals surface area contributed by atoms with Crippen molar-refractivity contribution in [2.75, 3.05) is 26.2 Å². The molecule has 1 atom stereocenters. The number of aryl methyl sites for hydroxylation is 2. The van der Waals surface area contributed by atoms with E-state index in [1.54, 1.807) is 18.5 Å². The molecule has 1 aromatic rings. The van der Waals surface area contributed by atoms with Gasteiger partial charge in [-0.1, -0.05) is 0 Å². The highest BCUT2D eigenvalue weighted by molar-refractivity contribution is 5.76. The van der Waals surface area contributed by atoms with Crippen LogP contribution in [-0.2, 0) is 11.3 Å². The Kier molecular flexibility index (Phi) is 4.34. The van der Waals surface area contributed by atoms with Crippen LogP contribution in [0, 0.1) is 24.0 Å². The molecule has 0 bridgehead atoms. The van der Waals surface area contributed by atoms with Gasteiger partial charge in [0.15, 0.2) is 0 Å². The molecule has 1 amide bonds. The van der Waals surface area contributed by atoms with Gasteiger partial charge in [-0.25, -0.2) is 0 Å². The summed E-state index contributed by atoms with van der Waals surface area (Å²) in [5.74, 6) is 0.117. The molecule has 1 unspecified atom stereocenters. The van der Waals surface area contributed by atoms with Crippen molar-refractivity contribution in [3.63, 3.8) is 0 Å². The quantitative estimate of drug-likeness (QED) is 0.612. The Morgan fingerprint density at radius 2 is 2.13 bits per heavy atom. The second-order valence-corrected chi connectivity index (χ2v) is 6.42. The number of rotatable bonds is 4. The number of hydrogen-bond acceptors (Lipinski definition) is 5. The Morgan fingerprint density at radius 1 is 1.35 bits per heavy atom. The van der Waals surface area contributed by atoms with Gasteiger partial charge in [0, 0.05) is 32.1 Å². The van der Waals surface area contributed by atoms with Crippen molar-refractivity contribution >= 4 is 11.6 Å². The fourth-order valence-corrected chi connectivity index (χ4v) is 3.75. The van der Waals surface area contributed by atoms with Gasteiger partial charge in [-0.05, 0) is 33.2 Å². The number of nitro groups is 1. The van der Waals surface area contributed by atoms with Gasteiger partial charge in [0.1, 0.15) is 11.4 Å². The fourth-order valence-electron chi connectivity index (χ4n) is 3.75. The first kappa shape index (κ1) is 15.9. The van der Waals surface area contributed by atoms with E-state index >= 15 is 0 Å². The molecule has 0 aromatic carbocycles. The minimum atomic E-state index is -0.407. The highest BCUT2D eigenvalue weighted by Crippen LogP contribution is 2.23. The van der Waals surface area contributed by atoms with Gasteiger partial charge in [0.05, 0.1) is 11.5 Å². The highest BCUT2D eigenvalue weighted by Gasteiger charge is 2.32. The van der Waals surface area contributed by atoms with Crippen LogP contribution in [0.25, 0.3) is 0 Å². The van der Waals surface area contributed by atoms with E-state index in [0.717, 1.165) is 26.2 Å². The number of nitrogens with zero attached hydrogens (tertiary/aromatic N) is 5. The van der Waals surface area contributed by atoms with Gasteiger partial charge in [0.25, 0.3) is 0 Å².